The maximum absolute atomic E-state index is 13.6. The first-order valence-electron chi connectivity index (χ1n) is 11.7. The summed E-state index contributed by atoms with van der Waals surface area (Å²) in [5.74, 6) is -1.65. The number of carbonyl (C=O) groups excluding carboxylic acids is 2. The normalized spacial score (nSPS) is 12.7. The Kier molecular flexibility index (Phi) is 11.4. The van der Waals surface area contributed by atoms with Crippen LogP contribution in [0.5, 0.6) is 11.5 Å². The lowest BCUT2D eigenvalue weighted by Gasteiger charge is -2.23. The highest BCUT2D eigenvalue weighted by Crippen LogP contribution is 2.50. The van der Waals surface area contributed by atoms with Gasteiger partial charge >= 0.3 is 19.8 Å². The molecule has 0 N–H and O–H groups in total. The zero-order valence-corrected chi connectivity index (χ0v) is 22.6. The second-order valence-corrected chi connectivity index (χ2v) is 10.3. The summed E-state index contributed by atoms with van der Waals surface area (Å²) in [6.45, 7) is 5.72. The second kappa shape index (κ2) is 14.2. The van der Waals surface area contributed by atoms with Gasteiger partial charge in [0.05, 0.1) is 15.8 Å². The van der Waals surface area contributed by atoms with Gasteiger partial charge in [-0.1, -0.05) is 20.8 Å². The quantitative estimate of drug-likeness (QED) is 0.118. The fourth-order valence-corrected chi connectivity index (χ4v) is 4.48. The molecule has 0 aliphatic carbocycles. The minimum atomic E-state index is -4.59. The van der Waals surface area contributed by atoms with E-state index in [0.717, 1.165) is 55.5 Å². The molecular weight excluding hydrogens is 539 g/mol. The van der Waals surface area contributed by atoms with Gasteiger partial charge in [0, 0.05) is 31.2 Å². The van der Waals surface area contributed by atoms with Crippen molar-refractivity contribution in [2.45, 2.75) is 40.2 Å². The number of non-ortho nitro benzene ring substituents is 2. The van der Waals surface area contributed by atoms with Crippen molar-refractivity contribution >= 4 is 31.1 Å². The number of rotatable bonds is 15. The number of phosphoric ester groups is 1. The number of ether oxygens (including phenoxy) is 2. The van der Waals surface area contributed by atoms with Crippen LogP contribution in [0.15, 0.2) is 48.5 Å². The molecule has 2 unspecified atom stereocenters. The number of nitro benzene ring substituents is 2. The summed E-state index contributed by atoms with van der Waals surface area (Å²) in [4.78, 5) is 44.5. The van der Waals surface area contributed by atoms with Crippen molar-refractivity contribution in [3.63, 3.8) is 0 Å². The molecule has 212 valence electrons. The number of phosphoric acid groups is 1. The van der Waals surface area contributed by atoms with Crippen molar-refractivity contribution in [3.05, 3.63) is 68.8 Å². The molecule has 2 atom stereocenters. The van der Waals surface area contributed by atoms with Crippen molar-refractivity contribution in [1.29, 1.82) is 0 Å². The molecule has 2 aromatic carbocycles. The van der Waals surface area contributed by atoms with Crippen molar-refractivity contribution in [2.24, 2.45) is 11.8 Å². The van der Waals surface area contributed by atoms with E-state index in [1.165, 1.54) is 0 Å². The fraction of sp³-hybridized carbons (Fsp3) is 0.417. The van der Waals surface area contributed by atoms with E-state index < -0.39 is 54.8 Å². The fourth-order valence-electron chi connectivity index (χ4n) is 3.23. The molecule has 39 heavy (non-hydrogen) atoms. The number of nitrogens with zero attached hydrogens (tertiary/aromatic N) is 2. The highest BCUT2D eigenvalue weighted by atomic mass is 31.2. The van der Waals surface area contributed by atoms with E-state index in [9.17, 15) is 34.4 Å². The summed E-state index contributed by atoms with van der Waals surface area (Å²) in [6.07, 6.45) is -0.610. The third-order valence-corrected chi connectivity index (χ3v) is 6.25. The topological polar surface area (TPSA) is 184 Å². The van der Waals surface area contributed by atoms with Gasteiger partial charge < -0.3 is 18.5 Å². The van der Waals surface area contributed by atoms with Gasteiger partial charge in [0.1, 0.15) is 24.7 Å². The molecule has 0 saturated heterocycles. The van der Waals surface area contributed by atoms with Crippen LogP contribution in [0, 0.1) is 32.1 Å². The predicted octanol–water partition coefficient (Wildman–Crippen LogP) is 5.24. The Labute approximate surface area is 224 Å². The molecule has 0 aliphatic rings. The molecule has 0 aromatic heterocycles. The van der Waals surface area contributed by atoms with E-state index in [-0.39, 0.29) is 28.8 Å². The van der Waals surface area contributed by atoms with Gasteiger partial charge in [0.15, 0.2) is 6.10 Å². The Morgan fingerprint density at radius 2 is 1.31 bits per heavy atom. The number of esters is 2. The molecule has 14 nitrogen and oxygen atoms in total. The van der Waals surface area contributed by atoms with E-state index >= 15 is 0 Å². The van der Waals surface area contributed by atoms with Crippen LogP contribution in [0.1, 0.15) is 34.1 Å². The van der Waals surface area contributed by atoms with E-state index in [0.29, 0.717) is 6.42 Å². The van der Waals surface area contributed by atoms with Crippen LogP contribution in [0.2, 0.25) is 0 Å². The first-order valence-corrected chi connectivity index (χ1v) is 13.2. The average molecular weight is 568 g/mol. The zero-order chi connectivity index (χ0) is 29.2. The lowest BCUT2D eigenvalue weighted by Crippen LogP contribution is -2.30. The molecule has 0 aliphatic heterocycles. The van der Waals surface area contributed by atoms with Crippen LogP contribution >= 0.6 is 7.82 Å². The summed E-state index contributed by atoms with van der Waals surface area (Å²) >= 11 is 0. The van der Waals surface area contributed by atoms with Crippen LogP contribution in [0.4, 0.5) is 11.4 Å². The monoisotopic (exact) mass is 568 g/mol. The minimum absolute atomic E-state index is 0.121. The lowest BCUT2D eigenvalue weighted by atomic mass is 9.99. The summed E-state index contributed by atoms with van der Waals surface area (Å²) in [5.41, 5.74) is -0.504. The summed E-state index contributed by atoms with van der Waals surface area (Å²) in [5, 5.41) is 21.8. The summed E-state index contributed by atoms with van der Waals surface area (Å²) in [6, 6.07) is 9.05. The number of carbonyl (C=O) groups is 2. The SMILES string of the molecule is CC(=O)OC(COC(=O)C(C)CC(C)C)COP(=O)(Oc1ccc([N+](=O)[O-])cc1)Oc1ccc([N+](=O)[O-])cc1. The first-order chi connectivity index (χ1) is 18.3. The molecule has 0 amide bonds. The third-order valence-electron chi connectivity index (χ3n) is 4.92. The van der Waals surface area contributed by atoms with Gasteiger partial charge in [-0.3, -0.25) is 34.3 Å². The molecular formula is C24H29N2O12P. The van der Waals surface area contributed by atoms with Gasteiger partial charge in [0.25, 0.3) is 11.4 Å². The molecule has 0 radical (unpaired) electrons. The Morgan fingerprint density at radius 1 is 0.846 bits per heavy atom. The van der Waals surface area contributed by atoms with Crippen molar-refractivity contribution < 1.29 is 47.0 Å². The molecule has 0 heterocycles. The van der Waals surface area contributed by atoms with Crippen molar-refractivity contribution in [3.8, 4) is 11.5 Å². The molecule has 0 fully saturated rings. The van der Waals surface area contributed by atoms with Gasteiger partial charge in [-0.2, -0.15) is 0 Å². The molecule has 0 saturated carbocycles. The third kappa shape index (κ3) is 10.7. The molecule has 2 rings (SSSR count). The van der Waals surface area contributed by atoms with E-state index in [4.69, 9.17) is 23.0 Å². The van der Waals surface area contributed by atoms with Crippen LogP contribution in [0.3, 0.4) is 0 Å². The molecule has 2 aromatic rings. The van der Waals surface area contributed by atoms with Gasteiger partial charge in [-0.25, -0.2) is 4.57 Å². The van der Waals surface area contributed by atoms with E-state index in [1.54, 1.807) is 6.92 Å². The number of nitro groups is 2. The zero-order valence-electron chi connectivity index (χ0n) is 21.7. The lowest BCUT2D eigenvalue weighted by molar-refractivity contribution is -0.385. The van der Waals surface area contributed by atoms with Crippen LogP contribution in [-0.2, 0) is 28.2 Å². The summed E-state index contributed by atoms with van der Waals surface area (Å²) < 4.78 is 40.1. The van der Waals surface area contributed by atoms with Crippen LogP contribution < -0.4 is 9.05 Å². The predicted molar refractivity (Wildman–Crippen MR) is 136 cm³/mol. The minimum Gasteiger partial charge on any atom is -0.461 e. The van der Waals surface area contributed by atoms with E-state index in [1.807, 2.05) is 13.8 Å². The summed E-state index contributed by atoms with van der Waals surface area (Å²) in [7, 11) is -4.59. The molecule has 0 bridgehead atoms. The number of benzene rings is 2. The standard InChI is InChI=1S/C24H29N2O12P/c1-16(2)13-17(3)24(28)34-14-23(36-18(4)27)15-35-39(33,37-21-9-5-19(6-10-21)25(29)30)38-22-11-7-20(8-12-22)26(31)32/h5-12,16-17,23H,13-15H2,1-4H3. The first kappa shape index (κ1) is 31.2. The van der Waals surface area contributed by atoms with Crippen molar-refractivity contribution in [2.75, 3.05) is 13.2 Å². The van der Waals surface area contributed by atoms with Gasteiger partial charge in [-0.05, 0) is 36.6 Å². The van der Waals surface area contributed by atoms with E-state index in [2.05, 4.69) is 0 Å². The Bertz CT molecular complexity index is 1140. The number of hydrogen-bond donors (Lipinski definition) is 0. The van der Waals surface area contributed by atoms with Crippen LogP contribution in [-0.4, -0.2) is 41.1 Å². The maximum Gasteiger partial charge on any atom is 0.587 e. The van der Waals surface area contributed by atoms with Gasteiger partial charge in [0.2, 0.25) is 0 Å². The smallest absolute Gasteiger partial charge is 0.461 e. The Balaban J connectivity index is 2.22. The largest absolute Gasteiger partial charge is 0.587 e. The number of hydrogen-bond acceptors (Lipinski definition) is 12. The Morgan fingerprint density at radius 3 is 1.69 bits per heavy atom. The highest BCUT2D eigenvalue weighted by molar-refractivity contribution is 7.49. The van der Waals surface area contributed by atoms with Gasteiger partial charge in [-0.15, -0.1) is 0 Å². The van der Waals surface area contributed by atoms with Crippen molar-refractivity contribution in [1.82, 2.24) is 0 Å². The maximum atomic E-state index is 13.6. The van der Waals surface area contributed by atoms with Crippen LogP contribution in [0.25, 0.3) is 0 Å². The molecule has 15 heteroatoms. The average Bonchev–Trinajstić information content (AvgIpc) is 2.85. The Hall–Kier alpha value is -4.03. The highest BCUT2D eigenvalue weighted by Gasteiger charge is 2.34. The molecule has 0 spiro atoms. The second-order valence-electron chi connectivity index (χ2n) is 8.82.